The Hall–Kier alpha value is -5.46. The summed E-state index contributed by atoms with van der Waals surface area (Å²) in [4.78, 5) is 86.3. The molecule has 13 nitrogen and oxygen atoms in total. The van der Waals surface area contributed by atoms with Gasteiger partial charge in [-0.25, -0.2) is 4.79 Å². The predicted molar refractivity (Wildman–Crippen MR) is 212 cm³/mol. The molecule has 2 aliphatic heterocycles. The summed E-state index contributed by atoms with van der Waals surface area (Å²) in [7, 11) is 1.46. The van der Waals surface area contributed by atoms with Gasteiger partial charge in [0.15, 0.2) is 0 Å². The third kappa shape index (κ3) is 9.85. The number of likely N-dealkylation sites (tertiary alicyclic amines) is 2. The summed E-state index contributed by atoms with van der Waals surface area (Å²) in [6.07, 6.45) is -0.530. The maximum atomic E-state index is 14.7. The Morgan fingerprint density at radius 2 is 1.52 bits per heavy atom. The Balaban J connectivity index is 1.36. The number of hydrogen-bond acceptors (Lipinski definition) is 8. The molecular formula is C43H55N5O8. The van der Waals surface area contributed by atoms with Crippen LogP contribution >= 0.6 is 0 Å². The fourth-order valence-corrected chi connectivity index (χ4v) is 7.33. The van der Waals surface area contributed by atoms with Gasteiger partial charge in [0, 0.05) is 37.6 Å². The van der Waals surface area contributed by atoms with Crippen LogP contribution in [0.2, 0.25) is 0 Å². The number of likely N-dealkylation sites (N-methyl/N-ethyl adjacent to an activating group) is 1. The van der Waals surface area contributed by atoms with E-state index in [9.17, 15) is 28.8 Å². The van der Waals surface area contributed by atoms with Crippen LogP contribution < -0.4 is 10.6 Å². The highest BCUT2D eigenvalue weighted by molar-refractivity contribution is 6.04. The van der Waals surface area contributed by atoms with Crippen LogP contribution in [0.3, 0.4) is 0 Å². The molecule has 0 radical (unpaired) electrons. The summed E-state index contributed by atoms with van der Waals surface area (Å²) in [5.74, 6) is -2.93. The smallest absolute Gasteiger partial charge is 0.410 e. The van der Waals surface area contributed by atoms with Gasteiger partial charge in [0.2, 0.25) is 23.6 Å². The average molecular weight is 770 g/mol. The molecule has 0 unspecified atom stereocenters. The maximum Gasteiger partial charge on any atom is 0.410 e. The highest BCUT2D eigenvalue weighted by atomic mass is 16.6. The van der Waals surface area contributed by atoms with Crippen LogP contribution in [0.25, 0.3) is 10.8 Å². The van der Waals surface area contributed by atoms with Crippen LogP contribution in [-0.2, 0) is 40.1 Å². The van der Waals surface area contributed by atoms with Gasteiger partial charge in [-0.2, -0.15) is 0 Å². The van der Waals surface area contributed by atoms with Gasteiger partial charge in [-0.1, -0.05) is 87.5 Å². The number of nitrogens with zero attached hydrogens (tertiary/aromatic N) is 3. The molecule has 2 heterocycles. The Bertz CT molecular complexity index is 1930. The van der Waals surface area contributed by atoms with Gasteiger partial charge in [0.1, 0.15) is 24.3 Å². The van der Waals surface area contributed by atoms with E-state index in [-0.39, 0.29) is 44.4 Å². The van der Waals surface area contributed by atoms with Crippen molar-refractivity contribution in [2.45, 2.75) is 104 Å². The number of esters is 1. The quantitative estimate of drug-likeness (QED) is 0.242. The molecule has 0 bridgehead atoms. The minimum absolute atomic E-state index is 0.0396. The second-order valence-electron chi connectivity index (χ2n) is 16.8. The number of carbonyl (C=O) groups is 6. The molecule has 0 aliphatic carbocycles. The van der Waals surface area contributed by atoms with Crippen molar-refractivity contribution < 1.29 is 38.2 Å². The molecule has 0 saturated carbocycles. The first kappa shape index (κ1) is 41.7. The van der Waals surface area contributed by atoms with E-state index in [2.05, 4.69) is 10.6 Å². The Morgan fingerprint density at radius 3 is 2.20 bits per heavy atom. The molecule has 56 heavy (non-hydrogen) atoms. The standard InChI is InChI=1S/C43H55N5O8/c1-27(46(8)41(54)56-43(5,6)7)38(51)45-37(42(2,3)4)40(53)47-24-23-33-36(47)31(39(52)44-32-20-14-18-29-17-12-13-19-30(29)32)25-48(33)34(49)21-22-35(50)55-26-28-15-10-9-11-16-28/h9-20,27,31,33,36-37H,21-26H2,1-8H3,(H,44,52)(H,45,51)/t27-,31-,33+,36+,37+/m0/s1. The van der Waals surface area contributed by atoms with E-state index in [0.717, 1.165) is 16.3 Å². The molecule has 13 heteroatoms. The molecule has 2 fully saturated rings. The van der Waals surface area contributed by atoms with Crippen molar-refractivity contribution >= 4 is 52.2 Å². The van der Waals surface area contributed by atoms with Gasteiger partial charge in [-0.05, 0) is 56.5 Å². The molecule has 5 amide bonds. The first-order valence-electron chi connectivity index (χ1n) is 19.2. The fourth-order valence-electron chi connectivity index (χ4n) is 7.33. The van der Waals surface area contributed by atoms with Crippen LogP contribution in [0.4, 0.5) is 10.5 Å². The second-order valence-corrected chi connectivity index (χ2v) is 16.8. The fraction of sp³-hybridized carbons (Fsp3) is 0.488. The van der Waals surface area contributed by atoms with Crippen molar-refractivity contribution in [1.82, 2.24) is 20.0 Å². The van der Waals surface area contributed by atoms with Gasteiger partial charge in [-0.3, -0.25) is 28.9 Å². The number of ether oxygens (including phenoxy) is 2. The summed E-state index contributed by atoms with van der Waals surface area (Å²) >= 11 is 0. The van der Waals surface area contributed by atoms with Crippen LogP contribution in [0.5, 0.6) is 0 Å². The maximum absolute atomic E-state index is 14.7. The lowest BCUT2D eigenvalue weighted by Crippen LogP contribution is -2.60. The summed E-state index contributed by atoms with van der Waals surface area (Å²) in [5.41, 5.74) is -0.102. The van der Waals surface area contributed by atoms with Gasteiger partial charge in [-0.15, -0.1) is 0 Å². The molecule has 2 saturated heterocycles. The molecule has 2 aliphatic rings. The molecule has 0 aromatic heterocycles. The van der Waals surface area contributed by atoms with Crippen LogP contribution in [0, 0.1) is 11.3 Å². The van der Waals surface area contributed by atoms with E-state index in [4.69, 9.17) is 9.47 Å². The minimum atomic E-state index is -1.03. The van der Waals surface area contributed by atoms with Crippen molar-refractivity contribution in [3.63, 3.8) is 0 Å². The van der Waals surface area contributed by atoms with Gasteiger partial charge < -0.3 is 29.9 Å². The van der Waals surface area contributed by atoms with E-state index in [1.54, 1.807) is 37.5 Å². The lowest BCUT2D eigenvalue weighted by molar-refractivity contribution is -0.147. The highest BCUT2D eigenvalue weighted by Crippen LogP contribution is 2.39. The summed E-state index contributed by atoms with van der Waals surface area (Å²) in [6, 6.07) is 19.4. The van der Waals surface area contributed by atoms with Crippen molar-refractivity contribution in [2.75, 3.05) is 25.5 Å². The van der Waals surface area contributed by atoms with Crippen molar-refractivity contribution in [3.05, 3.63) is 78.4 Å². The molecule has 0 spiro atoms. The first-order valence-corrected chi connectivity index (χ1v) is 19.2. The number of amides is 5. The van der Waals surface area contributed by atoms with Gasteiger partial charge >= 0.3 is 12.1 Å². The molecule has 2 N–H and O–H groups in total. The summed E-state index contributed by atoms with van der Waals surface area (Å²) in [5, 5.41) is 7.76. The molecular weight excluding hydrogens is 714 g/mol. The molecule has 300 valence electrons. The first-order chi connectivity index (χ1) is 26.4. The number of fused-ring (bicyclic) bond motifs is 2. The van der Waals surface area contributed by atoms with Crippen molar-refractivity contribution in [3.8, 4) is 0 Å². The zero-order valence-electron chi connectivity index (χ0n) is 33.7. The highest BCUT2D eigenvalue weighted by Gasteiger charge is 2.55. The number of anilines is 1. The third-order valence-electron chi connectivity index (χ3n) is 10.4. The van der Waals surface area contributed by atoms with Crippen molar-refractivity contribution in [2.24, 2.45) is 11.3 Å². The van der Waals surface area contributed by atoms with Crippen LogP contribution in [-0.4, -0.2) is 100 Å². The lowest BCUT2D eigenvalue weighted by atomic mass is 9.85. The molecule has 3 aromatic rings. The monoisotopic (exact) mass is 769 g/mol. The minimum Gasteiger partial charge on any atom is -0.461 e. The lowest BCUT2D eigenvalue weighted by Gasteiger charge is -2.37. The normalized spacial score (nSPS) is 19.1. The third-order valence-corrected chi connectivity index (χ3v) is 10.4. The van der Waals surface area contributed by atoms with Crippen LogP contribution in [0.15, 0.2) is 72.8 Å². The number of nitrogens with one attached hydrogen (secondary N) is 2. The largest absolute Gasteiger partial charge is 0.461 e. The van der Waals surface area contributed by atoms with E-state index in [1.165, 1.54) is 11.9 Å². The van der Waals surface area contributed by atoms with Crippen LogP contribution in [0.1, 0.15) is 73.3 Å². The zero-order valence-corrected chi connectivity index (χ0v) is 33.7. The molecule has 5 rings (SSSR count). The second kappa shape index (κ2) is 17.1. The Morgan fingerprint density at radius 1 is 0.857 bits per heavy atom. The van der Waals surface area contributed by atoms with E-state index in [0.29, 0.717) is 12.1 Å². The zero-order chi connectivity index (χ0) is 40.9. The molecule has 5 atom stereocenters. The van der Waals surface area contributed by atoms with Gasteiger partial charge in [0.25, 0.3) is 0 Å². The number of hydrogen-bond donors (Lipinski definition) is 2. The number of carbonyl (C=O) groups excluding carboxylic acids is 6. The Kier molecular flexibility index (Phi) is 12.8. The predicted octanol–water partition coefficient (Wildman–Crippen LogP) is 5.52. The van der Waals surface area contributed by atoms with E-state index >= 15 is 0 Å². The van der Waals surface area contributed by atoms with Crippen molar-refractivity contribution in [1.29, 1.82) is 0 Å². The van der Waals surface area contributed by atoms with E-state index < -0.39 is 65.0 Å². The summed E-state index contributed by atoms with van der Waals surface area (Å²) < 4.78 is 10.8. The van der Waals surface area contributed by atoms with E-state index in [1.807, 2.05) is 93.6 Å². The topological polar surface area (TPSA) is 155 Å². The number of benzene rings is 3. The van der Waals surface area contributed by atoms with Gasteiger partial charge in [0.05, 0.1) is 24.4 Å². The Labute approximate surface area is 329 Å². The molecule has 3 aromatic carbocycles. The SMILES string of the molecule is C[C@@H](C(=O)N[C@H](C(=O)N1CC[C@@H]2[C@H]1[C@@H](C(=O)Nc1cccc3ccccc13)CN2C(=O)CCC(=O)OCc1ccccc1)C(C)(C)C)N(C)C(=O)OC(C)(C)C. The average Bonchev–Trinajstić information content (AvgIpc) is 3.75. The number of rotatable bonds is 11. The summed E-state index contributed by atoms with van der Waals surface area (Å²) in [6.45, 7) is 12.6.